The lowest BCUT2D eigenvalue weighted by atomic mass is 9.75. The highest BCUT2D eigenvalue weighted by molar-refractivity contribution is 9.11. The minimum Gasteiger partial charge on any atom is -0.508 e. The molecule has 7 aromatic carbocycles. The lowest BCUT2D eigenvalue weighted by Crippen LogP contribution is -2.41. The van der Waals surface area contributed by atoms with E-state index in [0.29, 0.717) is 117 Å². The standard InChI is InChI=1S/C35H40FNO7.C26H30BFO6.C15H22BrNO3.C8H9BrO.C7H14BrNO2.CH4/c1-20-15-24(41-14-13-37-34(39)44-35(3,4)5)16-21(2)32(20)26-9-11-28(36)33-27(26)10-12-29(33)43-23-7-8-25-22(17-31(38)40-6)19-42-30(25)18-23;1-25(2)26(3,4)34-27(33-25)19-9-10-20(28)24-18(19)8-11-21(24)32-16-6-7-17-15(12-23(29)30-5)14-31-22(17)13-16;1-10-8-12(9-11(2)13(10)16)19-7-6-17-14(18)20-15(3,4)5;1-5-3-7(10)4-6(2)8(5)9;1-7(2,3)11-6(10)9-5-4-8;/h7-9,11,15-16,18,22,29H,10,12-14,17,19H2,1-6H3,(H,37,39);6-7,9-10,13,15,21H,8,11-12,14H2,1-5H3;8-9H,6-7H2,1-5H3,(H,17,18);3-4,10H,1-2H3;4-5H2,1-3H3,(H,9,10);1H4/t22-,29-;15-,21-;;;;/m11..../s1. The van der Waals surface area contributed by atoms with Crippen LogP contribution in [0.15, 0.2) is 106 Å². The maximum absolute atomic E-state index is 15.3. The van der Waals surface area contributed by atoms with Crippen molar-refractivity contribution in [3.8, 4) is 51.4 Å². The van der Waals surface area contributed by atoms with Gasteiger partial charge in [0.1, 0.15) is 94.1 Å². The molecule has 5 aliphatic rings. The lowest BCUT2D eigenvalue weighted by Gasteiger charge is -2.32. The molecule has 0 radical (unpaired) electrons. The van der Waals surface area contributed by atoms with Crippen molar-refractivity contribution in [1.29, 1.82) is 0 Å². The SMILES string of the molecule is C.CC(C)(C)OC(=O)NCCBr.COC(=O)C[C@@H]1COc2cc(O[C@@H]3CCc4c(-c5c(C)cc(OCCNC(=O)OC(C)(C)C)cc5C)ccc(F)c43)ccc21.COC(=O)C[C@@H]1COc2cc(O[C@@H]3CCc4c(B5OC(C)(C)C(C)(C)O5)ccc(F)c43)ccc21.Cc1cc(O)cc(C)c1Br.Cc1cc(OCCNC(=O)OC(C)(C)C)cc(C)c1Br. The second-order valence-corrected chi connectivity index (χ2v) is 36.1. The van der Waals surface area contributed by atoms with Gasteiger partial charge in [0.15, 0.2) is 0 Å². The van der Waals surface area contributed by atoms with E-state index in [2.05, 4.69) is 63.7 Å². The van der Waals surface area contributed by atoms with Gasteiger partial charge < -0.3 is 82.5 Å². The highest BCUT2D eigenvalue weighted by Gasteiger charge is 2.53. The van der Waals surface area contributed by atoms with Crippen LogP contribution in [0.3, 0.4) is 0 Å². The van der Waals surface area contributed by atoms with Gasteiger partial charge in [0, 0.05) is 67.0 Å². The normalized spacial score (nSPS) is 16.6. The Balaban J connectivity index is 0.000000229. The third-order valence-corrected chi connectivity index (χ3v) is 23.0. The van der Waals surface area contributed by atoms with Crippen LogP contribution < -0.4 is 49.8 Å². The molecule has 2 aliphatic carbocycles. The lowest BCUT2D eigenvalue weighted by molar-refractivity contribution is -0.142. The second kappa shape index (κ2) is 42.8. The van der Waals surface area contributed by atoms with Gasteiger partial charge >= 0.3 is 37.3 Å². The first kappa shape index (κ1) is 98.3. The first-order valence-electron chi connectivity index (χ1n) is 39.8. The number of carbonyl (C=O) groups is 5. The number of rotatable bonds is 20. The number of ether oxygens (including phenoxy) is 11. The van der Waals surface area contributed by atoms with E-state index in [9.17, 15) is 24.0 Å². The van der Waals surface area contributed by atoms with Gasteiger partial charge in [0.25, 0.3) is 0 Å². The number of alkyl carbamates (subject to hydrolysis) is 3. The summed E-state index contributed by atoms with van der Waals surface area (Å²) < 4.78 is 106. The molecule has 4 N–H and O–H groups in total. The van der Waals surface area contributed by atoms with E-state index in [4.69, 9.17) is 66.5 Å². The number of phenols is 1. The van der Waals surface area contributed by atoms with E-state index in [1.165, 1.54) is 26.4 Å². The number of halogens is 5. The molecule has 0 bridgehead atoms. The Labute approximate surface area is 732 Å². The number of nitrogens with one attached hydrogen (secondary N) is 3. The van der Waals surface area contributed by atoms with E-state index < -0.39 is 59.5 Å². The number of hydrogen-bond donors (Lipinski definition) is 4. The quantitative estimate of drug-likeness (QED) is 0.0182. The summed E-state index contributed by atoms with van der Waals surface area (Å²) in [5.74, 6) is 3.19. The molecule has 3 amide bonds. The monoisotopic (exact) mass is 1860 g/mol. The number of methoxy groups -OCH3 is 2. The Bertz CT molecular complexity index is 4670. The summed E-state index contributed by atoms with van der Waals surface area (Å²) in [5.41, 5.74) is 11.8. The minimum atomic E-state index is -0.559. The summed E-state index contributed by atoms with van der Waals surface area (Å²) in [6, 6.07) is 29.1. The fourth-order valence-corrected chi connectivity index (χ4v) is 14.7. The zero-order valence-electron chi connectivity index (χ0n) is 72.2. The molecule has 4 atom stereocenters. The Morgan fingerprint density at radius 2 is 0.892 bits per heavy atom. The number of hydrogen-bond acceptors (Lipinski definition) is 19. The number of aromatic hydroxyl groups is 1. The Morgan fingerprint density at radius 1 is 0.517 bits per heavy atom. The van der Waals surface area contributed by atoms with Gasteiger partial charge in [0.05, 0.1) is 64.6 Å². The highest BCUT2D eigenvalue weighted by atomic mass is 79.9. The third kappa shape index (κ3) is 27.6. The number of phenolic OH excluding ortho intramolecular Hbond substituents is 1. The van der Waals surface area contributed by atoms with Crippen molar-refractivity contribution in [2.45, 2.75) is 230 Å². The maximum atomic E-state index is 15.3. The van der Waals surface area contributed by atoms with Gasteiger partial charge in [-0.1, -0.05) is 79.5 Å². The second-order valence-electron chi connectivity index (χ2n) is 33.7. The van der Waals surface area contributed by atoms with Crippen molar-refractivity contribution in [1.82, 2.24) is 16.0 Å². The molecule has 7 aromatic rings. The van der Waals surface area contributed by atoms with Crippen molar-refractivity contribution >= 4 is 90.6 Å². The van der Waals surface area contributed by atoms with E-state index in [1.54, 1.807) is 18.2 Å². The molecular formula is C92H119BBr3F2N3O19. The molecule has 3 aliphatic heterocycles. The predicted octanol–water partition coefficient (Wildman–Crippen LogP) is 20.6. The summed E-state index contributed by atoms with van der Waals surface area (Å²) >= 11 is 10.1. The zero-order chi connectivity index (χ0) is 87.8. The van der Waals surface area contributed by atoms with Crippen molar-refractivity contribution in [3.63, 3.8) is 0 Å². The van der Waals surface area contributed by atoms with E-state index in [-0.39, 0.29) is 61.8 Å². The average molecular weight is 1860 g/mol. The number of aryl methyl sites for hydroxylation is 6. The van der Waals surface area contributed by atoms with Gasteiger partial charge in [0.2, 0.25) is 0 Å². The highest BCUT2D eigenvalue weighted by Crippen LogP contribution is 2.48. The number of amides is 3. The van der Waals surface area contributed by atoms with E-state index in [0.717, 1.165) is 92.2 Å². The summed E-state index contributed by atoms with van der Waals surface area (Å²) in [5, 5.41) is 17.8. The van der Waals surface area contributed by atoms with Gasteiger partial charge in [-0.05, 0) is 279 Å². The predicted molar refractivity (Wildman–Crippen MR) is 473 cm³/mol. The number of carbonyl (C=O) groups excluding carboxylic acids is 5. The molecular weight excluding hydrogens is 1740 g/mol. The molecule has 654 valence electrons. The number of alkyl halides is 1. The molecule has 28 heteroatoms. The van der Waals surface area contributed by atoms with Crippen molar-refractivity contribution < 1.29 is 99.3 Å². The first-order chi connectivity index (χ1) is 55.8. The molecule has 22 nitrogen and oxygen atoms in total. The topological polar surface area (TPSA) is 262 Å². The third-order valence-electron chi connectivity index (χ3n) is 20.1. The molecule has 1 saturated heterocycles. The Hall–Kier alpha value is -8.83. The smallest absolute Gasteiger partial charge is 0.495 e. The zero-order valence-corrected chi connectivity index (χ0v) is 77.0. The average Bonchev–Trinajstić information content (AvgIpc) is 1.59. The van der Waals surface area contributed by atoms with Crippen LogP contribution in [0.25, 0.3) is 11.1 Å². The molecule has 0 saturated carbocycles. The van der Waals surface area contributed by atoms with Gasteiger partial charge in [-0.3, -0.25) is 9.59 Å². The fourth-order valence-electron chi connectivity index (χ4n) is 14.0. The van der Waals surface area contributed by atoms with E-state index in [1.807, 2.05) is 198 Å². The summed E-state index contributed by atoms with van der Waals surface area (Å²) in [7, 11) is 2.22. The molecule has 0 unspecified atom stereocenters. The van der Waals surface area contributed by atoms with Crippen molar-refractivity contribution in [2.24, 2.45) is 0 Å². The van der Waals surface area contributed by atoms with Crippen LogP contribution in [-0.2, 0) is 55.4 Å². The van der Waals surface area contributed by atoms with Crippen LogP contribution in [0.4, 0.5) is 23.2 Å². The molecule has 0 aromatic heterocycles. The van der Waals surface area contributed by atoms with Crippen LogP contribution in [0.1, 0.15) is 214 Å². The van der Waals surface area contributed by atoms with Crippen molar-refractivity contribution in [2.75, 3.05) is 65.6 Å². The molecule has 1 fully saturated rings. The van der Waals surface area contributed by atoms with Gasteiger partial charge in [-0.25, -0.2) is 23.2 Å². The summed E-state index contributed by atoms with van der Waals surface area (Å²) in [6.45, 7) is 39.3. The minimum absolute atomic E-state index is 0. The van der Waals surface area contributed by atoms with E-state index >= 15 is 8.78 Å². The molecule has 12 rings (SSSR count). The Kier molecular flexibility index (Phi) is 35.1. The number of esters is 2. The summed E-state index contributed by atoms with van der Waals surface area (Å²) in [6.07, 6.45) is 1.08. The van der Waals surface area contributed by atoms with Crippen LogP contribution in [0.2, 0.25) is 0 Å². The molecule has 120 heavy (non-hydrogen) atoms. The Morgan fingerprint density at radius 3 is 1.29 bits per heavy atom. The number of fused-ring (bicyclic) bond motifs is 4. The summed E-state index contributed by atoms with van der Waals surface area (Å²) in [4.78, 5) is 57.6. The van der Waals surface area contributed by atoms with Crippen LogP contribution >= 0.6 is 47.8 Å². The molecule has 3 heterocycles. The van der Waals surface area contributed by atoms with Gasteiger partial charge in [-0.2, -0.15) is 0 Å². The van der Waals surface area contributed by atoms with Crippen molar-refractivity contribution in [3.05, 3.63) is 184 Å². The van der Waals surface area contributed by atoms with Gasteiger partial charge in [-0.15, -0.1) is 0 Å². The fraction of sp³-hybridized carbons (Fsp3) is 0.489. The molecule has 0 spiro atoms. The van der Waals surface area contributed by atoms with Crippen LogP contribution in [0.5, 0.6) is 40.2 Å². The van der Waals surface area contributed by atoms with Crippen LogP contribution in [0, 0.1) is 53.2 Å². The number of benzene rings is 7. The maximum Gasteiger partial charge on any atom is 0.495 e. The largest absolute Gasteiger partial charge is 0.508 e. The first-order valence-corrected chi connectivity index (χ1v) is 42.5. The van der Waals surface area contributed by atoms with Crippen LogP contribution in [-0.4, -0.2) is 136 Å².